The van der Waals surface area contributed by atoms with Crippen molar-refractivity contribution in [3.8, 4) is 0 Å². The summed E-state index contributed by atoms with van der Waals surface area (Å²) >= 11 is 1.79. The normalized spacial score (nSPS) is 15.8. The Balaban J connectivity index is 1.40. The van der Waals surface area contributed by atoms with E-state index < -0.39 is 0 Å². The van der Waals surface area contributed by atoms with Crippen molar-refractivity contribution < 1.29 is 9.32 Å². The molecule has 1 amide bonds. The lowest BCUT2D eigenvalue weighted by Gasteiger charge is -2.31. The Kier molecular flexibility index (Phi) is 4.29. The smallest absolute Gasteiger partial charge is 0.227 e. The number of thiazole rings is 1. The number of para-hydroxylation sites is 1. The van der Waals surface area contributed by atoms with Crippen LogP contribution in [0.2, 0.25) is 0 Å². The molecule has 1 fully saturated rings. The first-order valence-corrected chi connectivity index (χ1v) is 9.48. The minimum Gasteiger partial charge on any atom is -0.361 e. The lowest BCUT2D eigenvalue weighted by Crippen LogP contribution is -2.38. The molecule has 1 saturated heterocycles. The molecule has 0 saturated carbocycles. The van der Waals surface area contributed by atoms with Crippen molar-refractivity contribution in [1.29, 1.82) is 0 Å². The number of fused-ring (bicyclic) bond motifs is 1. The molecule has 0 bridgehead atoms. The molecule has 4 rings (SSSR count). The summed E-state index contributed by atoms with van der Waals surface area (Å²) in [6.45, 7) is 5.34. The fourth-order valence-corrected chi connectivity index (χ4v) is 4.59. The van der Waals surface area contributed by atoms with Crippen LogP contribution in [0.4, 0.5) is 0 Å². The minimum atomic E-state index is 0.164. The van der Waals surface area contributed by atoms with Crippen molar-refractivity contribution in [3.05, 3.63) is 46.3 Å². The molecule has 0 atom stereocenters. The molecule has 0 aliphatic carbocycles. The number of carbonyl (C=O) groups excluding carboxylic acids is 1. The van der Waals surface area contributed by atoms with Crippen LogP contribution in [0.5, 0.6) is 0 Å². The van der Waals surface area contributed by atoms with E-state index >= 15 is 0 Å². The Bertz CT molecular complexity index is 854. The number of rotatable bonds is 3. The molecule has 1 aliphatic rings. The highest BCUT2D eigenvalue weighted by Gasteiger charge is 2.27. The van der Waals surface area contributed by atoms with E-state index in [4.69, 9.17) is 9.51 Å². The summed E-state index contributed by atoms with van der Waals surface area (Å²) in [7, 11) is 0. The number of benzene rings is 1. The van der Waals surface area contributed by atoms with Crippen molar-refractivity contribution in [3.63, 3.8) is 0 Å². The highest BCUT2D eigenvalue weighted by atomic mass is 32.1. The van der Waals surface area contributed by atoms with Crippen LogP contribution in [0.3, 0.4) is 0 Å². The third-order valence-electron chi connectivity index (χ3n) is 5.02. The van der Waals surface area contributed by atoms with E-state index in [2.05, 4.69) is 23.4 Å². The quantitative estimate of drug-likeness (QED) is 0.716. The van der Waals surface area contributed by atoms with E-state index in [9.17, 15) is 4.79 Å². The Morgan fingerprint density at radius 1 is 1.28 bits per heavy atom. The van der Waals surface area contributed by atoms with Gasteiger partial charge in [-0.2, -0.15) is 0 Å². The van der Waals surface area contributed by atoms with Crippen molar-refractivity contribution in [1.82, 2.24) is 15.0 Å². The maximum absolute atomic E-state index is 12.6. The van der Waals surface area contributed by atoms with Crippen molar-refractivity contribution >= 4 is 27.5 Å². The van der Waals surface area contributed by atoms with Crippen molar-refractivity contribution in [2.45, 2.75) is 39.0 Å². The average molecular weight is 355 g/mol. The Hall–Kier alpha value is -2.21. The van der Waals surface area contributed by atoms with Crippen LogP contribution in [0.1, 0.15) is 40.8 Å². The summed E-state index contributed by atoms with van der Waals surface area (Å²) in [5, 5.41) is 5.14. The van der Waals surface area contributed by atoms with Gasteiger partial charge in [0.1, 0.15) is 5.76 Å². The average Bonchev–Trinajstić information content (AvgIpc) is 3.20. The summed E-state index contributed by atoms with van der Waals surface area (Å²) < 4.78 is 6.40. The Labute approximate surface area is 150 Å². The maximum atomic E-state index is 12.6. The van der Waals surface area contributed by atoms with E-state index in [1.54, 1.807) is 11.3 Å². The molecule has 0 radical (unpaired) electrons. The highest BCUT2D eigenvalue weighted by molar-refractivity contribution is 7.18. The molecule has 0 N–H and O–H groups in total. The Morgan fingerprint density at radius 3 is 2.72 bits per heavy atom. The summed E-state index contributed by atoms with van der Waals surface area (Å²) in [6, 6.07) is 8.28. The third kappa shape index (κ3) is 3.18. The topological polar surface area (TPSA) is 59.2 Å². The van der Waals surface area contributed by atoms with Crippen LogP contribution in [0, 0.1) is 13.8 Å². The number of aryl methyl sites for hydroxylation is 2. The zero-order chi connectivity index (χ0) is 17.4. The molecule has 5 nitrogen and oxygen atoms in total. The molecule has 130 valence electrons. The van der Waals surface area contributed by atoms with Gasteiger partial charge >= 0.3 is 0 Å². The zero-order valence-electron chi connectivity index (χ0n) is 14.5. The van der Waals surface area contributed by atoms with Crippen LogP contribution in [-0.4, -0.2) is 34.0 Å². The van der Waals surface area contributed by atoms with E-state index in [1.165, 1.54) is 9.71 Å². The van der Waals surface area contributed by atoms with E-state index in [0.717, 1.165) is 48.5 Å². The second kappa shape index (κ2) is 6.59. The monoisotopic (exact) mass is 355 g/mol. The molecule has 3 heterocycles. The van der Waals surface area contributed by atoms with Gasteiger partial charge < -0.3 is 9.42 Å². The summed E-state index contributed by atoms with van der Waals surface area (Å²) in [6.07, 6.45) is 2.34. The summed E-state index contributed by atoms with van der Waals surface area (Å²) in [5.74, 6) is 1.37. The number of hydrogen-bond donors (Lipinski definition) is 0. The van der Waals surface area contributed by atoms with Crippen LogP contribution in [0.15, 0.2) is 28.8 Å². The molecular weight excluding hydrogens is 334 g/mol. The van der Waals surface area contributed by atoms with Crippen LogP contribution >= 0.6 is 11.3 Å². The number of carbonyl (C=O) groups is 1. The number of amides is 1. The predicted molar refractivity (Wildman–Crippen MR) is 97.9 cm³/mol. The van der Waals surface area contributed by atoms with E-state index in [-0.39, 0.29) is 5.91 Å². The van der Waals surface area contributed by atoms with Gasteiger partial charge in [0.2, 0.25) is 5.91 Å². The second-order valence-corrected chi connectivity index (χ2v) is 7.72. The van der Waals surface area contributed by atoms with Gasteiger partial charge in [0, 0.05) is 24.6 Å². The number of aromatic nitrogens is 2. The van der Waals surface area contributed by atoms with Crippen LogP contribution in [-0.2, 0) is 11.2 Å². The molecule has 1 aliphatic heterocycles. The van der Waals surface area contributed by atoms with Gasteiger partial charge in [0.05, 0.1) is 27.3 Å². The van der Waals surface area contributed by atoms with Gasteiger partial charge in [-0.05, 0) is 38.8 Å². The number of nitrogens with zero attached hydrogens (tertiary/aromatic N) is 3. The van der Waals surface area contributed by atoms with Gasteiger partial charge in [0.25, 0.3) is 0 Å². The van der Waals surface area contributed by atoms with Gasteiger partial charge in [0.15, 0.2) is 0 Å². The first-order chi connectivity index (χ1) is 12.1. The van der Waals surface area contributed by atoms with Crippen LogP contribution < -0.4 is 0 Å². The van der Waals surface area contributed by atoms with Crippen LogP contribution in [0.25, 0.3) is 10.2 Å². The Morgan fingerprint density at radius 2 is 2.04 bits per heavy atom. The minimum absolute atomic E-state index is 0.164. The number of likely N-dealkylation sites (tertiary alicyclic amines) is 1. The van der Waals surface area contributed by atoms with Gasteiger partial charge in [-0.3, -0.25) is 4.79 Å². The number of piperidine rings is 1. The second-order valence-electron chi connectivity index (χ2n) is 6.65. The molecule has 2 aromatic heterocycles. The third-order valence-corrected chi connectivity index (χ3v) is 6.22. The predicted octanol–water partition coefficient (Wildman–Crippen LogP) is 3.85. The fraction of sp³-hybridized carbons (Fsp3) is 0.421. The van der Waals surface area contributed by atoms with Gasteiger partial charge in [-0.25, -0.2) is 4.98 Å². The number of hydrogen-bond acceptors (Lipinski definition) is 5. The van der Waals surface area contributed by atoms with Gasteiger partial charge in [-0.15, -0.1) is 11.3 Å². The fourth-order valence-electron chi connectivity index (χ4n) is 3.46. The maximum Gasteiger partial charge on any atom is 0.227 e. The van der Waals surface area contributed by atoms with Crippen molar-refractivity contribution in [2.24, 2.45) is 0 Å². The zero-order valence-corrected chi connectivity index (χ0v) is 15.3. The molecule has 6 heteroatoms. The molecular formula is C19H21N3O2S. The molecule has 0 spiro atoms. The summed E-state index contributed by atoms with van der Waals surface area (Å²) in [4.78, 5) is 19.4. The molecule has 0 unspecified atom stereocenters. The summed E-state index contributed by atoms with van der Waals surface area (Å²) in [5.41, 5.74) is 2.83. The molecule has 25 heavy (non-hydrogen) atoms. The first kappa shape index (κ1) is 16.3. The van der Waals surface area contributed by atoms with Crippen molar-refractivity contribution in [2.75, 3.05) is 13.1 Å². The highest BCUT2D eigenvalue weighted by Crippen LogP contribution is 2.34. The largest absolute Gasteiger partial charge is 0.361 e. The van der Waals surface area contributed by atoms with E-state index in [1.807, 2.05) is 24.8 Å². The first-order valence-electron chi connectivity index (χ1n) is 8.67. The lowest BCUT2D eigenvalue weighted by atomic mass is 9.97. The molecule has 3 aromatic rings. The van der Waals surface area contributed by atoms with Gasteiger partial charge in [-0.1, -0.05) is 17.3 Å². The lowest BCUT2D eigenvalue weighted by molar-refractivity contribution is -0.131. The standard InChI is InChI=1S/C19H21N3O2S/c1-12-15(13(2)24-21-12)11-18(23)22-9-7-14(8-10-22)19-20-16-5-3-4-6-17(16)25-19/h3-6,14H,7-11H2,1-2H3. The SMILES string of the molecule is Cc1noc(C)c1CC(=O)N1CCC(c2nc3ccccc3s2)CC1. The van der Waals surface area contributed by atoms with E-state index in [0.29, 0.717) is 12.3 Å². The molecule has 1 aromatic carbocycles.